The number of halogens is 1. The number of benzene rings is 2. The van der Waals surface area contributed by atoms with Gasteiger partial charge in [-0.3, -0.25) is 24.7 Å². The van der Waals surface area contributed by atoms with Gasteiger partial charge >= 0.3 is 0 Å². The lowest BCUT2D eigenvalue weighted by molar-refractivity contribution is -0.384. The van der Waals surface area contributed by atoms with E-state index in [9.17, 15) is 19.7 Å². The van der Waals surface area contributed by atoms with Gasteiger partial charge in [-0.05, 0) is 36.4 Å². The maximum absolute atomic E-state index is 12.4. The molecule has 0 unspecified atom stereocenters. The molecule has 0 saturated carbocycles. The number of carbonyl (C=O) groups is 2. The number of anilines is 2. The van der Waals surface area contributed by atoms with Crippen molar-refractivity contribution < 1.29 is 14.5 Å². The van der Waals surface area contributed by atoms with Crippen LogP contribution in [0, 0.1) is 10.1 Å². The third-order valence-corrected chi connectivity index (χ3v) is 4.04. The molecule has 0 saturated heterocycles. The number of rotatable bonds is 5. The molecule has 0 bridgehead atoms. The minimum absolute atomic E-state index is 0.0335. The summed E-state index contributed by atoms with van der Waals surface area (Å²) in [5, 5.41) is 16.1. The Morgan fingerprint density at radius 3 is 2.18 bits per heavy atom. The van der Waals surface area contributed by atoms with Crippen molar-refractivity contribution in [3.05, 3.63) is 93.3 Å². The zero-order valence-corrected chi connectivity index (χ0v) is 15.0. The monoisotopic (exact) mass is 396 g/mol. The number of hydrogen-bond acceptors (Lipinski definition) is 5. The summed E-state index contributed by atoms with van der Waals surface area (Å²) < 4.78 is 0. The van der Waals surface area contributed by atoms with Crippen LogP contribution in [0.4, 0.5) is 17.1 Å². The molecule has 2 aromatic carbocycles. The van der Waals surface area contributed by atoms with Crippen LogP contribution < -0.4 is 10.6 Å². The molecule has 0 atom stereocenters. The summed E-state index contributed by atoms with van der Waals surface area (Å²) in [5.41, 5.74) is 1.24. The van der Waals surface area contributed by atoms with E-state index in [1.807, 2.05) is 0 Å². The van der Waals surface area contributed by atoms with Gasteiger partial charge in [-0.25, -0.2) is 0 Å². The first-order valence-corrected chi connectivity index (χ1v) is 8.38. The summed E-state index contributed by atoms with van der Waals surface area (Å²) in [7, 11) is 0. The van der Waals surface area contributed by atoms with Crippen LogP contribution in [-0.4, -0.2) is 21.7 Å². The molecule has 1 heterocycles. The van der Waals surface area contributed by atoms with E-state index in [-0.39, 0.29) is 22.2 Å². The molecule has 0 radical (unpaired) electrons. The first-order chi connectivity index (χ1) is 13.4. The van der Waals surface area contributed by atoms with E-state index in [1.54, 1.807) is 36.4 Å². The van der Waals surface area contributed by atoms with Gasteiger partial charge < -0.3 is 10.6 Å². The zero-order chi connectivity index (χ0) is 20.1. The number of pyridine rings is 1. The van der Waals surface area contributed by atoms with E-state index in [4.69, 9.17) is 11.6 Å². The standard InChI is InChI=1S/C19H13ClN4O4/c20-17-11-15(24(27)28)4-5-16(17)19(26)23-14-3-1-2-13(10-14)22-18(25)12-6-8-21-9-7-12/h1-11H,(H,22,25)(H,23,26). The van der Waals surface area contributed by atoms with Gasteiger partial charge in [0.1, 0.15) is 0 Å². The van der Waals surface area contributed by atoms with Gasteiger partial charge in [0, 0.05) is 41.5 Å². The molecule has 140 valence electrons. The molecule has 0 aliphatic carbocycles. The molecule has 2 amide bonds. The minimum atomic E-state index is -0.595. The average molecular weight is 397 g/mol. The minimum Gasteiger partial charge on any atom is -0.322 e. The van der Waals surface area contributed by atoms with Crippen LogP contribution in [0.3, 0.4) is 0 Å². The van der Waals surface area contributed by atoms with Crippen LogP contribution in [0.2, 0.25) is 5.02 Å². The highest BCUT2D eigenvalue weighted by Gasteiger charge is 2.15. The fourth-order valence-electron chi connectivity index (χ4n) is 2.38. The summed E-state index contributed by atoms with van der Waals surface area (Å²) in [5.74, 6) is -0.846. The van der Waals surface area contributed by atoms with Gasteiger partial charge in [-0.2, -0.15) is 0 Å². The van der Waals surface area contributed by atoms with Gasteiger partial charge in [0.2, 0.25) is 0 Å². The quantitative estimate of drug-likeness (QED) is 0.496. The number of hydrogen-bond donors (Lipinski definition) is 2. The van der Waals surface area contributed by atoms with Gasteiger partial charge in [0.15, 0.2) is 0 Å². The highest BCUT2D eigenvalue weighted by atomic mass is 35.5. The van der Waals surface area contributed by atoms with Crippen molar-refractivity contribution in [2.75, 3.05) is 10.6 Å². The smallest absolute Gasteiger partial charge is 0.270 e. The molecular formula is C19H13ClN4O4. The Bertz CT molecular complexity index is 1060. The predicted octanol–water partition coefficient (Wildman–Crippen LogP) is 4.15. The summed E-state index contributed by atoms with van der Waals surface area (Å²) in [6, 6.07) is 13.3. The van der Waals surface area contributed by atoms with E-state index in [1.165, 1.54) is 24.5 Å². The molecule has 0 fully saturated rings. The Kier molecular flexibility index (Phi) is 5.61. The molecule has 3 aromatic rings. The van der Waals surface area contributed by atoms with Gasteiger partial charge in [-0.15, -0.1) is 0 Å². The number of carbonyl (C=O) groups excluding carboxylic acids is 2. The van der Waals surface area contributed by atoms with Crippen LogP contribution in [-0.2, 0) is 0 Å². The van der Waals surface area contributed by atoms with E-state index in [0.717, 1.165) is 6.07 Å². The van der Waals surface area contributed by atoms with Crippen molar-refractivity contribution >= 4 is 40.5 Å². The van der Waals surface area contributed by atoms with Gasteiger partial charge in [0.25, 0.3) is 17.5 Å². The first-order valence-electron chi connectivity index (χ1n) is 8.01. The summed E-state index contributed by atoms with van der Waals surface area (Å²) in [6.07, 6.45) is 3.03. The van der Waals surface area contributed by atoms with Crippen molar-refractivity contribution in [3.63, 3.8) is 0 Å². The number of nitro groups is 1. The lowest BCUT2D eigenvalue weighted by atomic mass is 10.2. The third-order valence-electron chi connectivity index (χ3n) is 3.73. The molecule has 0 aliphatic heterocycles. The van der Waals surface area contributed by atoms with Crippen molar-refractivity contribution in [1.29, 1.82) is 0 Å². The molecule has 8 nitrogen and oxygen atoms in total. The van der Waals surface area contributed by atoms with Crippen molar-refractivity contribution in [2.24, 2.45) is 0 Å². The van der Waals surface area contributed by atoms with Crippen molar-refractivity contribution in [3.8, 4) is 0 Å². The van der Waals surface area contributed by atoms with Crippen molar-refractivity contribution in [1.82, 2.24) is 4.98 Å². The lowest BCUT2D eigenvalue weighted by Crippen LogP contribution is -2.14. The van der Waals surface area contributed by atoms with Crippen LogP contribution >= 0.6 is 11.6 Å². The second-order valence-corrected chi connectivity index (χ2v) is 6.05. The number of nitrogens with one attached hydrogen (secondary N) is 2. The van der Waals surface area contributed by atoms with Crippen LogP contribution in [0.15, 0.2) is 67.0 Å². The highest BCUT2D eigenvalue weighted by Crippen LogP contribution is 2.24. The van der Waals surface area contributed by atoms with E-state index >= 15 is 0 Å². The summed E-state index contributed by atoms with van der Waals surface area (Å²) in [4.78, 5) is 38.6. The highest BCUT2D eigenvalue weighted by molar-refractivity contribution is 6.34. The molecule has 28 heavy (non-hydrogen) atoms. The maximum Gasteiger partial charge on any atom is 0.270 e. The molecule has 0 spiro atoms. The summed E-state index contributed by atoms with van der Waals surface area (Å²) in [6.45, 7) is 0. The summed E-state index contributed by atoms with van der Waals surface area (Å²) >= 11 is 5.98. The normalized spacial score (nSPS) is 10.2. The molecule has 9 heteroatoms. The molecule has 0 aliphatic rings. The fraction of sp³-hybridized carbons (Fsp3) is 0. The Labute approximate surface area is 164 Å². The van der Waals surface area contributed by atoms with E-state index in [0.29, 0.717) is 16.9 Å². The number of non-ortho nitro benzene ring substituents is 1. The number of nitrogens with zero attached hydrogens (tertiary/aromatic N) is 2. The maximum atomic E-state index is 12.4. The second kappa shape index (κ2) is 8.28. The van der Waals surface area contributed by atoms with Gasteiger partial charge in [0.05, 0.1) is 15.5 Å². The second-order valence-electron chi connectivity index (χ2n) is 5.65. The van der Waals surface area contributed by atoms with Crippen LogP contribution in [0.25, 0.3) is 0 Å². The van der Waals surface area contributed by atoms with E-state index < -0.39 is 10.8 Å². The number of nitro benzene ring substituents is 1. The van der Waals surface area contributed by atoms with Crippen molar-refractivity contribution in [2.45, 2.75) is 0 Å². The average Bonchev–Trinajstić information content (AvgIpc) is 2.68. The number of aromatic nitrogens is 1. The number of amides is 2. The Morgan fingerprint density at radius 2 is 1.57 bits per heavy atom. The van der Waals surface area contributed by atoms with Gasteiger partial charge in [-0.1, -0.05) is 17.7 Å². The Morgan fingerprint density at radius 1 is 0.929 bits per heavy atom. The third kappa shape index (κ3) is 4.49. The Balaban J connectivity index is 1.73. The predicted molar refractivity (Wildman–Crippen MR) is 105 cm³/mol. The Hall–Kier alpha value is -3.78. The largest absolute Gasteiger partial charge is 0.322 e. The van der Waals surface area contributed by atoms with E-state index in [2.05, 4.69) is 15.6 Å². The molecule has 1 aromatic heterocycles. The lowest BCUT2D eigenvalue weighted by Gasteiger charge is -2.10. The zero-order valence-electron chi connectivity index (χ0n) is 14.3. The molecular weight excluding hydrogens is 384 g/mol. The van der Waals surface area contributed by atoms with Crippen LogP contribution in [0.5, 0.6) is 0 Å². The van der Waals surface area contributed by atoms with Crippen LogP contribution in [0.1, 0.15) is 20.7 Å². The topological polar surface area (TPSA) is 114 Å². The molecule has 2 N–H and O–H groups in total. The SMILES string of the molecule is O=C(Nc1cccc(NC(=O)c2ccc([N+](=O)[O-])cc2Cl)c1)c1ccncc1. The fourth-order valence-corrected chi connectivity index (χ4v) is 2.64. The first kappa shape index (κ1) is 19.0. The molecule has 3 rings (SSSR count).